The molecule has 5 heteroatoms. The quantitative estimate of drug-likeness (QED) is 0.122. The second-order valence-electron chi connectivity index (χ2n) is 16.2. The van der Waals surface area contributed by atoms with E-state index < -0.39 is 0 Å². The maximum Gasteiger partial charge on any atom is 0.135 e. The molecule has 1 aromatic heterocycles. The van der Waals surface area contributed by atoms with Crippen molar-refractivity contribution in [1.82, 2.24) is 0 Å². The summed E-state index contributed by atoms with van der Waals surface area (Å²) in [5.41, 5.74) is 13.6. The summed E-state index contributed by atoms with van der Waals surface area (Å²) in [7, 11) is 0. The van der Waals surface area contributed by atoms with Crippen LogP contribution in [-0.2, 0) is 0 Å². The average Bonchev–Trinajstić information content (AvgIpc) is 3.74. The minimum absolute atomic E-state index is 0.107. The molecular weight excluding hydrogens is 793 g/mol. The number of fused-ring (bicyclic) bond motifs is 3. The zero-order valence-corrected chi connectivity index (χ0v) is 35.8. The molecule has 0 fully saturated rings. The summed E-state index contributed by atoms with van der Waals surface area (Å²) >= 11 is 0. The molecule has 0 aliphatic heterocycles. The van der Waals surface area contributed by atoms with Gasteiger partial charge in [0.05, 0.1) is 6.04 Å². The monoisotopic (exact) mass is 838 g/mol. The van der Waals surface area contributed by atoms with Crippen molar-refractivity contribution in [1.29, 1.82) is 0 Å². The molecule has 1 aliphatic carbocycles. The fraction of sp³-hybridized carbons (Fsp3) is 0.0333. The van der Waals surface area contributed by atoms with Gasteiger partial charge in [-0.2, -0.15) is 0 Å². The first kappa shape index (κ1) is 39.3. The Kier molecular flexibility index (Phi) is 10.7. The predicted octanol–water partition coefficient (Wildman–Crippen LogP) is 17.0. The fourth-order valence-electron chi connectivity index (χ4n) is 9.11. The van der Waals surface area contributed by atoms with Gasteiger partial charge in [-0.1, -0.05) is 127 Å². The zero-order chi connectivity index (χ0) is 43.4. The summed E-state index contributed by atoms with van der Waals surface area (Å²) in [4.78, 5) is 9.43. The first-order chi connectivity index (χ1) is 32.2. The van der Waals surface area contributed by atoms with E-state index >= 15 is 0 Å². The average molecular weight is 839 g/mol. The summed E-state index contributed by atoms with van der Waals surface area (Å²) < 4.78 is 6.61. The highest BCUT2D eigenvalue weighted by Gasteiger charge is 2.24. The van der Waals surface area contributed by atoms with Crippen molar-refractivity contribution < 1.29 is 4.42 Å². The van der Waals surface area contributed by atoms with Crippen molar-refractivity contribution in [2.75, 3.05) is 19.6 Å². The van der Waals surface area contributed by atoms with Crippen molar-refractivity contribution in [3.05, 3.63) is 261 Å². The van der Waals surface area contributed by atoms with Crippen LogP contribution in [0.25, 0.3) is 21.9 Å². The Hall–Kier alpha value is -8.54. The summed E-state index contributed by atoms with van der Waals surface area (Å²) in [6.45, 7) is 0. The van der Waals surface area contributed by atoms with Gasteiger partial charge in [-0.15, -0.1) is 0 Å². The highest BCUT2D eigenvalue weighted by molar-refractivity contribution is 6.08. The van der Waals surface area contributed by atoms with Crippen LogP contribution in [0, 0.1) is 0 Å². The van der Waals surface area contributed by atoms with Crippen LogP contribution in [0.4, 0.5) is 62.6 Å². The van der Waals surface area contributed by atoms with Crippen molar-refractivity contribution in [3.63, 3.8) is 0 Å². The van der Waals surface area contributed by atoms with Gasteiger partial charge in [-0.3, -0.25) is 0 Å². The molecule has 0 amide bonds. The highest BCUT2D eigenvalue weighted by Crippen LogP contribution is 2.44. The maximum atomic E-state index is 6.61. The highest BCUT2D eigenvalue weighted by atomic mass is 16.3. The van der Waals surface area contributed by atoms with Crippen molar-refractivity contribution >= 4 is 84.5 Å². The minimum atomic E-state index is 0.107. The van der Waals surface area contributed by atoms with Gasteiger partial charge in [0.25, 0.3) is 0 Å². The van der Waals surface area contributed by atoms with Crippen LogP contribution >= 0.6 is 0 Å². The van der Waals surface area contributed by atoms with E-state index in [-0.39, 0.29) is 6.04 Å². The molecule has 65 heavy (non-hydrogen) atoms. The predicted molar refractivity (Wildman–Crippen MR) is 273 cm³/mol. The number of hydrogen-bond donors (Lipinski definition) is 0. The Labute approximate surface area is 380 Å². The zero-order valence-electron chi connectivity index (χ0n) is 35.8. The van der Waals surface area contributed by atoms with Gasteiger partial charge in [-0.05, 0) is 140 Å². The second kappa shape index (κ2) is 17.7. The van der Waals surface area contributed by atoms with Crippen LogP contribution in [-0.4, -0.2) is 6.04 Å². The third-order valence-corrected chi connectivity index (χ3v) is 12.0. The van der Waals surface area contributed by atoms with Crippen LogP contribution < -0.4 is 19.6 Å². The Morgan fingerprint density at radius 3 is 1.08 bits per heavy atom. The Morgan fingerprint density at radius 2 is 0.646 bits per heavy atom. The van der Waals surface area contributed by atoms with E-state index in [4.69, 9.17) is 4.42 Å². The van der Waals surface area contributed by atoms with E-state index in [0.717, 1.165) is 90.9 Å². The third-order valence-electron chi connectivity index (χ3n) is 12.0. The Bertz CT molecular complexity index is 3180. The molecule has 0 N–H and O–H groups in total. The number of furan rings is 1. The first-order valence-electron chi connectivity index (χ1n) is 22.2. The number of anilines is 11. The summed E-state index contributed by atoms with van der Waals surface area (Å²) in [5.74, 6) is 0. The van der Waals surface area contributed by atoms with Gasteiger partial charge in [0, 0.05) is 73.3 Å². The minimum Gasteiger partial charge on any atom is -0.456 e. The normalized spacial score (nSPS) is 13.2. The van der Waals surface area contributed by atoms with Gasteiger partial charge < -0.3 is 24.0 Å². The Balaban J connectivity index is 1.02. The van der Waals surface area contributed by atoms with Crippen LogP contribution in [0.3, 0.4) is 0 Å². The van der Waals surface area contributed by atoms with Crippen LogP contribution in [0.1, 0.15) is 6.42 Å². The lowest BCUT2D eigenvalue weighted by Crippen LogP contribution is -2.29. The molecule has 9 aromatic carbocycles. The van der Waals surface area contributed by atoms with Gasteiger partial charge in [-0.25, -0.2) is 0 Å². The SMILES string of the molecule is C1=CCC(N(c2cccc(N(c3ccccc3)c3ccccc3)c2)c2ccc3oc4ccc(N(c5ccccc5)c5cccc(N(c6ccccc6)c6ccccc6)c5)cc4c3c2)C=C1. The molecule has 1 aliphatic rings. The van der Waals surface area contributed by atoms with E-state index in [1.165, 1.54) is 0 Å². The number of nitrogens with zero attached hydrogens (tertiary/aromatic N) is 4. The summed E-state index contributed by atoms with van der Waals surface area (Å²) in [5, 5.41) is 2.12. The standard InChI is InChI=1S/C60H46N4O/c1-7-21-45(22-8-1)61(46-23-9-2-10-24-46)51-33-19-35-53(41-51)63(49-29-15-5-16-30-49)55-37-39-59-57(43-55)58-44-56(38-40-60(58)65-59)64(50-31-17-6-18-32-50)54-36-20-34-52(42-54)62(47-25-11-3-12-26-47)48-27-13-4-14-28-48/h1-31,33-44,50H,32H2. The van der Waals surface area contributed by atoms with E-state index in [1.54, 1.807) is 0 Å². The largest absolute Gasteiger partial charge is 0.456 e. The van der Waals surface area contributed by atoms with Gasteiger partial charge in [0.1, 0.15) is 11.2 Å². The first-order valence-corrected chi connectivity index (χ1v) is 22.2. The molecule has 11 rings (SSSR count). The van der Waals surface area contributed by atoms with Gasteiger partial charge in [0.2, 0.25) is 0 Å². The molecule has 0 saturated carbocycles. The smallest absolute Gasteiger partial charge is 0.135 e. The van der Waals surface area contributed by atoms with E-state index in [1.807, 2.05) is 0 Å². The second-order valence-corrected chi connectivity index (χ2v) is 16.2. The topological polar surface area (TPSA) is 26.1 Å². The van der Waals surface area contributed by atoms with E-state index in [9.17, 15) is 0 Å². The lowest BCUT2D eigenvalue weighted by molar-refractivity contribution is 0.669. The van der Waals surface area contributed by atoms with Gasteiger partial charge >= 0.3 is 0 Å². The number of allylic oxidation sites excluding steroid dienone is 2. The molecule has 0 saturated heterocycles. The van der Waals surface area contributed by atoms with Crippen LogP contribution in [0.5, 0.6) is 0 Å². The van der Waals surface area contributed by atoms with Gasteiger partial charge in [0.15, 0.2) is 0 Å². The number of para-hydroxylation sites is 5. The van der Waals surface area contributed by atoms with E-state index in [2.05, 4.69) is 280 Å². The molecule has 1 unspecified atom stereocenters. The molecule has 1 atom stereocenters. The Morgan fingerprint density at radius 1 is 0.308 bits per heavy atom. The van der Waals surface area contributed by atoms with E-state index in [0.29, 0.717) is 0 Å². The molecule has 0 spiro atoms. The van der Waals surface area contributed by atoms with Crippen LogP contribution in [0.2, 0.25) is 0 Å². The van der Waals surface area contributed by atoms with Crippen molar-refractivity contribution in [2.45, 2.75) is 12.5 Å². The third kappa shape index (κ3) is 7.92. The molecule has 1 heterocycles. The molecule has 0 radical (unpaired) electrons. The maximum absolute atomic E-state index is 6.61. The van der Waals surface area contributed by atoms with Crippen molar-refractivity contribution in [2.24, 2.45) is 0 Å². The number of benzene rings is 9. The van der Waals surface area contributed by atoms with Crippen molar-refractivity contribution in [3.8, 4) is 0 Å². The molecule has 10 aromatic rings. The lowest BCUT2D eigenvalue weighted by atomic mass is 10.0. The lowest BCUT2D eigenvalue weighted by Gasteiger charge is -2.34. The molecule has 312 valence electrons. The molecule has 0 bridgehead atoms. The number of hydrogen-bond acceptors (Lipinski definition) is 5. The molecular formula is C60H46N4O. The summed E-state index contributed by atoms with van der Waals surface area (Å²) in [6, 6.07) is 83.9. The summed E-state index contributed by atoms with van der Waals surface area (Å²) in [6.07, 6.45) is 9.74. The number of rotatable bonds is 12. The van der Waals surface area contributed by atoms with Crippen LogP contribution in [0.15, 0.2) is 265 Å². The fourth-order valence-corrected chi connectivity index (χ4v) is 9.11. The molecule has 5 nitrogen and oxygen atoms in total.